The molecule has 1 aliphatic heterocycles. The standard InChI is InChI=1S/C12H16ClN3O/c1-9-8-16(7-6-14-9)12(17)15-11-4-2-10(13)3-5-11/h2-5,9,14H,6-8H2,1H3,(H,15,17). The minimum atomic E-state index is -0.0549. The van der Waals surface area contributed by atoms with Crippen LogP contribution < -0.4 is 10.6 Å². The second-order valence-corrected chi connectivity index (χ2v) is 4.67. The first-order valence-electron chi connectivity index (χ1n) is 5.70. The van der Waals surface area contributed by atoms with E-state index >= 15 is 0 Å². The molecule has 1 unspecified atom stereocenters. The van der Waals surface area contributed by atoms with E-state index in [9.17, 15) is 4.79 Å². The number of carbonyl (C=O) groups excluding carboxylic acids is 1. The summed E-state index contributed by atoms with van der Waals surface area (Å²) >= 11 is 5.78. The van der Waals surface area contributed by atoms with Crippen LogP contribution in [0.25, 0.3) is 0 Å². The van der Waals surface area contributed by atoms with Gasteiger partial charge in [0, 0.05) is 36.4 Å². The summed E-state index contributed by atoms with van der Waals surface area (Å²) in [5, 5.41) is 6.82. The highest BCUT2D eigenvalue weighted by molar-refractivity contribution is 6.30. The van der Waals surface area contributed by atoms with Crippen molar-refractivity contribution in [3.05, 3.63) is 29.3 Å². The van der Waals surface area contributed by atoms with Gasteiger partial charge in [-0.3, -0.25) is 0 Å². The van der Waals surface area contributed by atoms with E-state index in [-0.39, 0.29) is 6.03 Å². The number of nitrogens with one attached hydrogen (secondary N) is 2. The van der Waals surface area contributed by atoms with Gasteiger partial charge in [0.2, 0.25) is 0 Å². The fraction of sp³-hybridized carbons (Fsp3) is 0.417. The Hall–Kier alpha value is -1.26. The van der Waals surface area contributed by atoms with Gasteiger partial charge in [-0.2, -0.15) is 0 Å². The maximum atomic E-state index is 12.0. The monoisotopic (exact) mass is 253 g/mol. The molecule has 0 spiro atoms. The second kappa shape index (κ2) is 5.38. The number of piperazine rings is 1. The van der Waals surface area contributed by atoms with Crippen LogP contribution in [-0.2, 0) is 0 Å². The van der Waals surface area contributed by atoms with Crippen molar-refractivity contribution in [1.82, 2.24) is 10.2 Å². The molecule has 2 rings (SSSR count). The maximum Gasteiger partial charge on any atom is 0.321 e. The van der Waals surface area contributed by atoms with Crippen LogP contribution in [0.5, 0.6) is 0 Å². The van der Waals surface area contributed by atoms with Crippen LogP contribution in [0.15, 0.2) is 24.3 Å². The minimum absolute atomic E-state index is 0.0549. The number of amides is 2. The molecular formula is C12H16ClN3O. The summed E-state index contributed by atoms with van der Waals surface area (Å²) in [7, 11) is 0. The van der Waals surface area contributed by atoms with Gasteiger partial charge in [-0.25, -0.2) is 4.79 Å². The minimum Gasteiger partial charge on any atom is -0.322 e. The molecule has 1 aromatic rings. The lowest BCUT2D eigenvalue weighted by Crippen LogP contribution is -2.52. The molecule has 92 valence electrons. The number of benzene rings is 1. The van der Waals surface area contributed by atoms with Crippen molar-refractivity contribution in [2.75, 3.05) is 25.0 Å². The molecule has 1 atom stereocenters. The highest BCUT2D eigenvalue weighted by atomic mass is 35.5. The van der Waals surface area contributed by atoms with Crippen LogP contribution in [0.2, 0.25) is 5.02 Å². The molecule has 2 N–H and O–H groups in total. The fourth-order valence-electron chi connectivity index (χ4n) is 1.85. The van der Waals surface area contributed by atoms with Crippen molar-refractivity contribution in [1.29, 1.82) is 0 Å². The average molecular weight is 254 g/mol. The zero-order valence-corrected chi connectivity index (χ0v) is 10.5. The molecular weight excluding hydrogens is 238 g/mol. The highest BCUT2D eigenvalue weighted by Gasteiger charge is 2.20. The number of anilines is 1. The van der Waals surface area contributed by atoms with E-state index in [1.807, 2.05) is 4.90 Å². The van der Waals surface area contributed by atoms with Crippen molar-refractivity contribution in [2.45, 2.75) is 13.0 Å². The first kappa shape index (κ1) is 12.2. The van der Waals surface area contributed by atoms with Gasteiger partial charge in [0.25, 0.3) is 0 Å². The Morgan fingerprint density at radius 1 is 1.47 bits per heavy atom. The van der Waals surface area contributed by atoms with E-state index in [1.165, 1.54) is 0 Å². The molecule has 0 aliphatic carbocycles. The Morgan fingerprint density at radius 2 is 2.18 bits per heavy atom. The lowest BCUT2D eigenvalue weighted by Gasteiger charge is -2.31. The van der Waals surface area contributed by atoms with Gasteiger partial charge < -0.3 is 15.5 Å². The van der Waals surface area contributed by atoms with E-state index in [2.05, 4.69) is 17.6 Å². The summed E-state index contributed by atoms with van der Waals surface area (Å²) in [6.45, 7) is 4.39. The van der Waals surface area contributed by atoms with Crippen LogP contribution in [0, 0.1) is 0 Å². The molecule has 17 heavy (non-hydrogen) atoms. The molecule has 0 radical (unpaired) electrons. The van der Waals surface area contributed by atoms with Crippen LogP contribution >= 0.6 is 11.6 Å². The molecule has 0 bridgehead atoms. The zero-order valence-electron chi connectivity index (χ0n) is 9.74. The first-order valence-corrected chi connectivity index (χ1v) is 6.08. The van der Waals surface area contributed by atoms with E-state index in [0.717, 1.165) is 25.3 Å². The first-order chi connectivity index (χ1) is 8.15. The highest BCUT2D eigenvalue weighted by Crippen LogP contribution is 2.14. The van der Waals surface area contributed by atoms with Crippen molar-refractivity contribution in [2.24, 2.45) is 0 Å². The van der Waals surface area contributed by atoms with Crippen molar-refractivity contribution in [3.63, 3.8) is 0 Å². The molecule has 5 heteroatoms. The molecule has 1 aromatic carbocycles. The SMILES string of the molecule is CC1CN(C(=O)Nc2ccc(Cl)cc2)CCN1. The number of halogens is 1. The summed E-state index contributed by atoms with van der Waals surface area (Å²) in [4.78, 5) is 13.8. The Kier molecular flexibility index (Phi) is 3.86. The summed E-state index contributed by atoms with van der Waals surface area (Å²) in [6.07, 6.45) is 0. The summed E-state index contributed by atoms with van der Waals surface area (Å²) < 4.78 is 0. The molecule has 0 saturated carbocycles. The molecule has 1 fully saturated rings. The normalized spacial score (nSPS) is 20.1. The third-order valence-electron chi connectivity index (χ3n) is 2.75. The molecule has 1 aliphatic rings. The largest absolute Gasteiger partial charge is 0.322 e. The van der Waals surface area contributed by atoms with Crippen molar-refractivity contribution >= 4 is 23.3 Å². The molecule has 1 heterocycles. The van der Waals surface area contributed by atoms with Gasteiger partial charge in [0.15, 0.2) is 0 Å². The third kappa shape index (κ3) is 3.35. The van der Waals surface area contributed by atoms with Gasteiger partial charge in [-0.1, -0.05) is 11.6 Å². The lowest BCUT2D eigenvalue weighted by molar-refractivity contribution is 0.192. The van der Waals surface area contributed by atoms with E-state index in [0.29, 0.717) is 11.1 Å². The number of hydrogen-bond acceptors (Lipinski definition) is 2. The van der Waals surface area contributed by atoms with Crippen LogP contribution in [0.4, 0.5) is 10.5 Å². The predicted octanol–water partition coefficient (Wildman–Crippen LogP) is 2.17. The van der Waals surface area contributed by atoms with E-state index < -0.39 is 0 Å². The van der Waals surface area contributed by atoms with Crippen LogP contribution in [-0.4, -0.2) is 36.6 Å². The smallest absolute Gasteiger partial charge is 0.321 e. The Balaban J connectivity index is 1.94. The maximum absolute atomic E-state index is 12.0. The Labute approximate surface area is 106 Å². The van der Waals surface area contributed by atoms with E-state index in [1.54, 1.807) is 24.3 Å². The number of hydrogen-bond donors (Lipinski definition) is 2. The van der Waals surface area contributed by atoms with E-state index in [4.69, 9.17) is 11.6 Å². The topological polar surface area (TPSA) is 44.4 Å². The van der Waals surface area contributed by atoms with Gasteiger partial charge in [0.05, 0.1) is 0 Å². The fourth-order valence-corrected chi connectivity index (χ4v) is 1.98. The average Bonchev–Trinajstić information content (AvgIpc) is 2.32. The summed E-state index contributed by atoms with van der Waals surface area (Å²) in [5.74, 6) is 0. The van der Waals surface area contributed by atoms with Gasteiger partial charge in [-0.15, -0.1) is 0 Å². The Morgan fingerprint density at radius 3 is 2.82 bits per heavy atom. The van der Waals surface area contributed by atoms with Gasteiger partial charge >= 0.3 is 6.03 Å². The van der Waals surface area contributed by atoms with Gasteiger partial charge in [0.1, 0.15) is 0 Å². The number of carbonyl (C=O) groups is 1. The third-order valence-corrected chi connectivity index (χ3v) is 3.00. The molecule has 0 aromatic heterocycles. The molecule has 4 nitrogen and oxygen atoms in total. The molecule has 1 saturated heterocycles. The quantitative estimate of drug-likeness (QED) is 0.806. The number of rotatable bonds is 1. The van der Waals surface area contributed by atoms with Crippen LogP contribution in [0.3, 0.4) is 0 Å². The molecule has 2 amide bonds. The van der Waals surface area contributed by atoms with Crippen LogP contribution in [0.1, 0.15) is 6.92 Å². The van der Waals surface area contributed by atoms with Crippen molar-refractivity contribution < 1.29 is 4.79 Å². The lowest BCUT2D eigenvalue weighted by atomic mass is 10.2. The summed E-state index contributed by atoms with van der Waals surface area (Å²) in [6, 6.07) is 7.41. The number of urea groups is 1. The predicted molar refractivity (Wildman–Crippen MR) is 69.5 cm³/mol. The van der Waals surface area contributed by atoms with Crippen molar-refractivity contribution in [3.8, 4) is 0 Å². The Bertz CT molecular complexity index is 393. The van der Waals surface area contributed by atoms with Gasteiger partial charge in [-0.05, 0) is 31.2 Å². The zero-order chi connectivity index (χ0) is 12.3. The summed E-state index contributed by atoms with van der Waals surface area (Å²) in [5.41, 5.74) is 0.769. The number of nitrogens with zero attached hydrogens (tertiary/aromatic N) is 1. The second-order valence-electron chi connectivity index (χ2n) is 4.24.